The Morgan fingerprint density at radius 1 is 1.09 bits per heavy atom. The van der Waals surface area contributed by atoms with E-state index in [1.54, 1.807) is 42.7 Å². The zero-order chi connectivity index (χ0) is 22.2. The average Bonchev–Trinajstić information content (AvgIpc) is 3.26. The number of hydrogen-bond donors (Lipinski definition) is 0. The Labute approximate surface area is 188 Å². The second kappa shape index (κ2) is 10.5. The number of carbonyl (C=O) groups excluding carboxylic acids is 1. The quantitative estimate of drug-likeness (QED) is 0.154. The van der Waals surface area contributed by atoms with Crippen LogP contribution in [0.5, 0.6) is 11.5 Å². The molecule has 32 heavy (non-hydrogen) atoms. The lowest BCUT2D eigenvalue weighted by atomic mass is 10.2. The Morgan fingerprint density at radius 2 is 1.97 bits per heavy atom. The van der Waals surface area contributed by atoms with Gasteiger partial charge in [0.05, 0.1) is 16.4 Å². The Hall–Kier alpha value is -3.82. The molecule has 2 aromatic carbocycles. The molecule has 0 unspecified atom stereocenters. The average molecular weight is 449 g/mol. The molecule has 0 aliphatic heterocycles. The van der Waals surface area contributed by atoms with Gasteiger partial charge in [-0.25, -0.2) is 9.97 Å². The molecule has 9 heteroatoms. The van der Waals surface area contributed by atoms with Gasteiger partial charge in [-0.15, -0.1) is 0 Å². The van der Waals surface area contributed by atoms with Gasteiger partial charge in [0.2, 0.25) is 5.13 Å². The fourth-order valence-corrected chi connectivity index (χ4v) is 3.79. The van der Waals surface area contributed by atoms with Crippen molar-refractivity contribution in [2.24, 2.45) is 5.10 Å². The molecule has 0 atom stereocenters. The maximum Gasteiger partial charge on any atom is 0.213 e. The number of pyridine rings is 1. The predicted octanol–water partition coefficient (Wildman–Crippen LogP) is 4.42. The first-order chi connectivity index (χ1) is 15.8. The number of aldehydes is 1. The number of thiazole rings is 1. The first-order valence-electron chi connectivity index (χ1n) is 9.71. The largest absolute Gasteiger partial charge is 0.485 e. The topological polar surface area (TPSA) is 86.1 Å². The van der Waals surface area contributed by atoms with Crippen molar-refractivity contribution in [1.29, 1.82) is 0 Å². The van der Waals surface area contributed by atoms with Crippen LogP contribution in [0.3, 0.4) is 0 Å². The Morgan fingerprint density at radius 3 is 2.75 bits per heavy atom. The molecule has 8 nitrogen and oxygen atoms in total. The lowest BCUT2D eigenvalue weighted by molar-refractivity contribution is -0.109. The van der Waals surface area contributed by atoms with E-state index in [4.69, 9.17) is 19.2 Å². The second-order valence-corrected chi connectivity index (χ2v) is 7.45. The second-order valence-electron chi connectivity index (χ2n) is 6.44. The van der Waals surface area contributed by atoms with E-state index in [2.05, 4.69) is 10.1 Å². The lowest BCUT2D eigenvalue weighted by Gasteiger charge is -2.15. The van der Waals surface area contributed by atoms with Gasteiger partial charge >= 0.3 is 0 Å². The molecular weight excluding hydrogens is 428 g/mol. The minimum atomic E-state index is -0.0685. The van der Waals surface area contributed by atoms with E-state index in [9.17, 15) is 4.79 Å². The van der Waals surface area contributed by atoms with Gasteiger partial charge in [0.1, 0.15) is 18.1 Å². The lowest BCUT2D eigenvalue weighted by Crippen LogP contribution is -2.11. The maximum atomic E-state index is 10.8. The summed E-state index contributed by atoms with van der Waals surface area (Å²) < 4.78 is 17.1. The SMILES string of the molecule is COCOc1ccc(OCC=O)c(/C=N/N(c2ccccn2)c2nc3ccccc3s2)c1. The van der Waals surface area contributed by atoms with E-state index in [0.29, 0.717) is 34.3 Å². The van der Waals surface area contributed by atoms with Crippen LogP contribution in [0, 0.1) is 0 Å². The summed E-state index contributed by atoms with van der Waals surface area (Å²) in [7, 11) is 1.55. The molecule has 0 radical (unpaired) electrons. The van der Waals surface area contributed by atoms with Crippen LogP contribution in [0.4, 0.5) is 10.9 Å². The number of methoxy groups -OCH3 is 1. The van der Waals surface area contributed by atoms with Gasteiger partial charge in [-0.1, -0.05) is 29.5 Å². The number of anilines is 2. The summed E-state index contributed by atoms with van der Waals surface area (Å²) in [6, 6.07) is 18.7. The molecular formula is C23H20N4O4S. The Bertz CT molecular complexity index is 1180. The third kappa shape index (κ3) is 5.08. The van der Waals surface area contributed by atoms with E-state index >= 15 is 0 Å². The molecule has 0 aliphatic rings. The molecule has 0 saturated carbocycles. The Balaban J connectivity index is 1.72. The zero-order valence-electron chi connectivity index (χ0n) is 17.2. The van der Waals surface area contributed by atoms with Gasteiger partial charge in [-0.2, -0.15) is 10.1 Å². The fraction of sp³-hybridized carbons (Fsp3) is 0.130. The van der Waals surface area contributed by atoms with Gasteiger partial charge in [-0.05, 0) is 42.5 Å². The minimum Gasteiger partial charge on any atom is -0.485 e. The summed E-state index contributed by atoms with van der Waals surface area (Å²) in [5.41, 5.74) is 1.51. The number of para-hydroxylation sites is 1. The number of aromatic nitrogens is 2. The molecule has 0 saturated heterocycles. The highest BCUT2D eigenvalue weighted by atomic mass is 32.1. The van der Waals surface area contributed by atoms with E-state index < -0.39 is 0 Å². The van der Waals surface area contributed by atoms with E-state index in [1.165, 1.54) is 11.3 Å². The van der Waals surface area contributed by atoms with Crippen LogP contribution < -0.4 is 14.5 Å². The number of fused-ring (bicyclic) bond motifs is 1. The van der Waals surface area contributed by atoms with Crippen molar-refractivity contribution in [2.75, 3.05) is 25.5 Å². The highest BCUT2D eigenvalue weighted by Crippen LogP contribution is 2.33. The molecule has 0 bridgehead atoms. The summed E-state index contributed by atoms with van der Waals surface area (Å²) in [5, 5.41) is 6.99. The van der Waals surface area contributed by atoms with Crippen molar-refractivity contribution < 1.29 is 19.0 Å². The summed E-state index contributed by atoms with van der Waals surface area (Å²) >= 11 is 1.51. The molecule has 0 spiro atoms. The van der Waals surface area contributed by atoms with E-state index in [1.807, 2.05) is 42.5 Å². The van der Waals surface area contributed by atoms with Gasteiger partial charge in [0.25, 0.3) is 0 Å². The molecule has 4 aromatic rings. The summed E-state index contributed by atoms with van der Waals surface area (Å²) in [6.45, 7) is 0.0395. The van der Waals surface area contributed by atoms with E-state index in [0.717, 1.165) is 10.2 Å². The number of rotatable bonds is 10. The van der Waals surface area contributed by atoms with Gasteiger partial charge in [0, 0.05) is 18.9 Å². The Kier molecular flexibility index (Phi) is 7.01. The predicted molar refractivity (Wildman–Crippen MR) is 124 cm³/mol. The first-order valence-corrected chi connectivity index (χ1v) is 10.5. The van der Waals surface area contributed by atoms with Crippen molar-refractivity contribution in [3.05, 3.63) is 72.4 Å². The van der Waals surface area contributed by atoms with Crippen molar-refractivity contribution >= 4 is 45.0 Å². The molecule has 0 amide bonds. The zero-order valence-corrected chi connectivity index (χ0v) is 18.1. The summed E-state index contributed by atoms with van der Waals surface area (Å²) in [4.78, 5) is 19.9. The van der Waals surface area contributed by atoms with Crippen LogP contribution >= 0.6 is 11.3 Å². The molecule has 2 heterocycles. The van der Waals surface area contributed by atoms with Crippen LogP contribution in [-0.4, -0.2) is 43.0 Å². The van der Waals surface area contributed by atoms with Crippen molar-refractivity contribution in [3.8, 4) is 11.5 Å². The third-order valence-electron chi connectivity index (χ3n) is 4.27. The van der Waals surface area contributed by atoms with Crippen molar-refractivity contribution in [3.63, 3.8) is 0 Å². The monoisotopic (exact) mass is 448 g/mol. The number of hydrogen-bond acceptors (Lipinski definition) is 9. The van der Waals surface area contributed by atoms with Crippen LogP contribution in [-0.2, 0) is 9.53 Å². The summed E-state index contributed by atoms with van der Waals surface area (Å²) in [6.07, 6.45) is 4.02. The van der Waals surface area contributed by atoms with Gasteiger partial charge < -0.3 is 14.2 Å². The first kappa shape index (κ1) is 21.4. The molecule has 0 aliphatic carbocycles. The molecule has 0 N–H and O–H groups in total. The van der Waals surface area contributed by atoms with Crippen LogP contribution in [0.15, 0.2) is 72.0 Å². The van der Waals surface area contributed by atoms with Crippen molar-refractivity contribution in [1.82, 2.24) is 9.97 Å². The third-order valence-corrected chi connectivity index (χ3v) is 5.29. The summed E-state index contributed by atoms with van der Waals surface area (Å²) in [5.74, 6) is 1.69. The fourth-order valence-electron chi connectivity index (χ4n) is 2.86. The van der Waals surface area contributed by atoms with Crippen LogP contribution in [0.25, 0.3) is 10.2 Å². The van der Waals surface area contributed by atoms with Crippen molar-refractivity contribution in [2.45, 2.75) is 0 Å². The maximum absolute atomic E-state index is 10.8. The van der Waals surface area contributed by atoms with E-state index in [-0.39, 0.29) is 13.4 Å². The van der Waals surface area contributed by atoms with Crippen LogP contribution in [0.1, 0.15) is 5.56 Å². The number of benzene rings is 2. The molecule has 162 valence electrons. The van der Waals surface area contributed by atoms with Gasteiger partial charge in [0.15, 0.2) is 18.9 Å². The number of carbonyl (C=O) groups is 1. The normalized spacial score (nSPS) is 11.0. The highest BCUT2D eigenvalue weighted by molar-refractivity contribution is 7.22. The molecule has 2 aromatic heterocycles. The number of ether oxygens (including phenoxy) is 3. The smallest absolute Gasteiger partial charge is 0.213 e. The van der Waals surface area contributed by atoms with Crippen LogP contribution in [0.2, 0.25) is 0 Å². The molecule has 4 rings (SSSR count). The number of hydrazone groups is 1. The standard InChI is InChI=1S/C23H20N4O4S/c1-29-16-31-18-9-10-20(30-13-12-28)17(14-18)15-25-27(22-8-4-5-11-24-22)23-26-19-6-2-3-7-21(19)32-23/h2-12,14-15H,13,16H2,1H3/b25-15+. The number of nitrogens with zero attached hydrogens (tertiary/aromatic N) is 4. The molecule has 0 fully saturated rings. The minimum absolute atomic E-state index is 0.0685. The van der Waals surface area contributed by atoms with Gasteiger partial charge in [-0.3, -0.25) is 4.79 Å². The highest BCUT2D eigenvalue weighted by Gasteiger charge is 2.15.